The summed E-state index contributed by atoms with van der Waals surface area (Å²) in [6, 6.07) is -0.989. The minimum absolute atomic E-state index is 0.262. The number of hydrogen-bond acceptors (Lipinski definition) is 9. The predicted molar refractivity (Wildman–Crippen MR) is 218 cm³/mol. The first-order valence-electron chi connectivity index (χ1n) is 22.5. The van der Waals surface area contributed by atoms with Crippen molar-refractivity contribution in [1.29, 1.82) is 0 Å². The number of aliphatic hydroxyl groups excluding tert-OH is 6. The zero-order chi connectivity index (χ0) is 39.7. The second-order valence-electron chi connectivity index (χ2n) is 16.0. The van der Waals surface area contributed by atoms with Gasteiger partial charge in [0.15, 0.2) is 6.29 Å². The Morgan fingerprint density at radius 1 is 0.630 bits per heavy atom. The molecule has 1 aliphatic heterocycles. The molecule has 54 heavy (non-hydrogen) atoms. The van der Waals surface area contributed by atoms with Crippen LogP contribution < -0.4 is 5.32 Å². The van der Waals surface area contributed by atoms with Gasteiger partial charge in [0.05, 0.1) is 25.4 Å². The fraction of sp³-hybridized carbons (Fsp3) is 0.932. The van der Waals surface area contributed by atoms with Gasteiger partial charge in [-0.25, -0.2) is 0 Å². The summed E-state index contributed by atoms with van der Waals surface area (Å²) >= 11 is 0. The van der Waals surface area contributed by atoms with Crippen LogP contribution in [0.15, 0.2) is 12.2 Å². The SMILES string of the molecule is CCCCCCCCC=CCCCCCCCCCC(=O)N[C@@H](COC1OC(CO)C(O)C(O)C1O)[C@H](O)[C@H](O)CCCCCCCCCCCCCC. The van der Waals surface area contributed by atoms with Crippen LogP contribution in [0.1, 0.15) is 200 Å². The van der Waals surface area contributed by atoms with E-state index in [1.54, 1.807) is 0 Å². The van der Waals surface area contributed by atoms with Gasteiger partial charge in [0.25, 0.3) is 0 Å². The number of ether oxygens (including phenoxy) is 2. The van der Waals surface area contributed by atoms with Crippen molar-refractivity contribution in [2.45, 2.75) is 249 Å². The van der Waals surface area contributed by atoms with Crippen molar-refractivity contribution in [2.75, 3.05) is 13.2 Å². The van der Waals surface area contributed by atoms with Crippen molar-refractivity contribution in [3.8, 4) is 0 Å². The lowest BCUT2D eigenvalue weighted by molar-refractivity contribution is -0.303. The molecule has 0 aromatic rings. The second-order valence-corrected chi connectivity index (χ2v) is 16.0. The Kier molecular flexibility index (Phi) is 33.1. The molecule has 1 saturated heterocycles. The summed E-state index contributed by atoms with van der Waals surface area (Å²) in [7, 11) is 0. The Balaban J connectivity index is 2.41. The molecule has 1 amide bonds. The first-order valence-corrected chi connectivity index (χ1v) is 22.5. The van der Waals surface area contributed by atoms with Gasteiger partial charge in [0, 0.05) is 6.42 Å². The Hall–Kier alpha value is -1.11. The van der Waals surface area contributed by atoms with Crippen LogP contribution in [0.25, 0.3) is 0 Å². The number of carbonyl (C=O) groups is 1. The zero-order valence-corrected chi connectivity index (χ0v) is 34.6. The maximum absolute atomic E-state index is 13.0. The normalized spacial score (nSPS) is 22.1. The lowest BCUT2D eigenvalue weighted by atomic mass is 9.98. The zero-order valence-electron chi connectivity index (χ0n) is 34.6. The van der Waals surface area contributed by atoms with Crippen LogP contribution in [0.2, 0.25) is 0 Å². The molecular formula is C44H85NO9. The van der Waals surface area contributed by atoms with Gasteiger partial charge in [0.1, 0.15) is 30.5 Å². The molecular weight excluding hydrogens is 686 g/mol. The third-order valence-electron chi connectivity index (χ3n) is 11.0. The van der Waals surface area contributed by atoms with E-state index < -0.39 is 55.6 Å². The van der Waals surface area contributed by atoms with E-state index in [9.17, 15) is 35.4 Å². The van der Waals surface area contributed by atoms with E-state index in [1.165, 1.54) is 116 Å². The van der Waals surface area contributed by atoms with E-state index in [0.29, 0.717) is 12.8 Å². The summed E-state index contributed by atoms with van der Waals surface area (Å²) in [6.07, 6.45) is 27.8. The molecule has 8 atom stereocenters. The van der Waals surface area contributed by atoms with E-state index in [2.05, 4.69) is 31.3 Å². The van der Waals surface area contributed by atoms with Gasteiger partial charge in [-0.05, 0) is 38.5 Å². The van der Waals surface area contributed by atoms with E-state index >= 15 is 0 Å². The lowest BCUT2D eigenvalue weighted by Crippen LogP contribution is -2.60. The minimum Gasteiger partial charge on any atom is -0.394 e. The van der Waals surface area contributed by atoms with Gasteiger partial charge >= 0.3 is 0 Å². The molecule has 1 fully saturated rings. The summed E-state index contributed by atoms with van der Waals surface area (Å²) in [4.78, 5) is 13.0. The van der Waals surface area contributed by atoms with Gasteiger partial charge in [0.2, 0.25) is 5.91 Å². The first kappa shape index (κ1) is 50.9. The summed E-state index contributed by atoms with van der Waals surface area (Å²) in [5.74, 6) is -0.262. The molecule has 7 N–H and O–H groups in total. The molecule has 10 nitrogen and oxygen atoms in total. The molecule has 10 heteroatoms. The van der Waals surface area contributed by atoms with Crippen LogP contribution in [0.4, 0.5) is 0 Å². The third kappa shape index (κ3) is 25.2. The number of nitrogens with one attached hydrogen (secondary N) is 1. The van der Waals surface area contributed by atoms with Crippen LogP contribution in [0, 0.1) is 0 Å². The lowest BCUT2D eigenvalue weighted by Gasteiger charge is -2.40. The summed E-state index contributed by atoms with van der Waals surface area (Å²) in [5.41, 5.74) is 0. The number of aliphatic hydroxyl groups is 6. The summed E-state index contributed by atoms with van der Waals surface area (Å²) in [5, 5.41) is 65.0. The van der Waals surface area contributed by atoms with Gasteiger partial charge in [-0.2, -0.15) is 0 Å². The Labute approximate surface area is 329 Å². The van der Waals surface area contributed by atoms with Gasteiger partial charge < -0.3 is 45.4 Å². The van der Waals surface area contributed by atoms with E-state index in [4.69, 9.17) is 9.47 Å². The smallest absolute Gasteiger partial charge is 0.220 e. The maximum Gasteiger partial charge on any atom is 0.220 e. The molecule has 1 rings (SSSR count). The highest BCUT2D eigenvalue weighted by molar-refractivity contribution is 5.76. The highest BCUT2D eigenvalue weighted by atomic mass is 16.7. The largest absolute Gasteiger partial charge is 0.394 e. The number of hydrogen-bond donors (Lipinski definition) is 7. The minimum atomic E-state index is -1.60. The molecule has 0 saturated carbocycles. The summed E-state index contributed by atoms with van der Waals surface area (Å²) < 4.78 is 11.1. The molecule has 0 bridgehead atoms. The van der Waals surface area contributed by atoms with Gasteiger partial charge in [-0.3, -0.25) is 4.79 Å². The van der Waals surface area contributed by atoms with Gasteiger partial charge in [-0.15, -0.1) is 0 Å². The van der Waals surface area contributed by atoms with Crippen LogP contribution in [0.3, 0.4) is 0 Å². The van der Waals surface area contributed by atoms with E-state index in [-0.39, 0.29) is 18.9 Å². The molecule has 0 aromatic heterocycles. The average Bonchev–Trinajstić information content (AvgIpc) is 3.17. The van der Waals surface area contributed by atoms with Crippen LogP contribution in [-0.2, 0) is 14.3 Å². The monoisotopic (exact) mass is 772 g/mol. The molecule has 0 aromatic carbocycles. The highest BCUT2D eigenvalue weighted by Crippen LogP contribution is 2.23. The standard InChI is InChI=1S/C44H85NO9/c1-3-5-7-9-11-13-15-17-18-19-20-21-23-25-27-29-31-33-39(48)45-36(35-53-44-43(52)42(51)41(50)38(34-46)54-44)40(49)37(47)32-30-28-26-24-22-16-14-12-10-8-6-4-2/h17-18,36-38,40-44,46-47,49-52H,3-16,19-35H2,1-2H3,(H,45,48)/t36-,37+,38?,40-,41?,42?,43?,44?/m0/s1. The van der Waals surface area contributed by atoms with E-state index in [0.717, 1.165) is 51.4 Å². The second kappa shape index (κ2) is 35.1. The molecule has 320 valence electrons. The van der Waals surface area contributed by atoms with Crippen LogP contribution in [0.5, 0.6) is 0 Å². The molecule has 0 aliphatic carbocycles. The summed E-state index contributed by atoms with van der Waals surface area (Å²) in [6.45, 7) is 3.59. The third-order valence-corrected chi connectivity index (χ3v) is 11.0. The van der Waals surface area contributed by atoms with Crippen LogP contribution in [-0.4, -0.2) is 98.7 Å². The quantitative estimate of drug-likeness (QED) is 0.0245. The Morgan fingerprint density at radius 3 is 1.56 bits per heavy atom. The molecule has 0 radical (unpaired) electrons. The van der Waals surface area contributed by atoms with Crippen molar-refractivity contribution in [1.82, 2.24) is 5.32 Å². The fourth-order valence-corrected chi connectivity index (χ4v) is 7.25. The maximum atomic E-state index is 13.0. The van der Waals surface area contributed by atoms with Crippen molar-refractivity contribution in [3.05, 3.63) is 12.2 Å². The van der Waals surface area contributed by atoms with Gasteiger partial charge in [-0.1, -0.05) is 167 Å². The number of unbranched alkanes of at least 4 members (excludes halogenated alkanes) is 24. The van der Waals surface area contributed by atoms with E-state index in [1.807, 2.05) is 0 Å². The van der Waals surface area contributed by atoms with Crippen molar-refractivity contribution in [3.63, 3.8) is 0 Å². The molecule has 1 heterocycles. The van der Waals surface area contributed by atoms with Crippen LogP contribution >= 0.6 is 0 Å². The topological polar surface area (TPSA) is 169 Å². The van der Waals surface area contributed by atoms with Crippen molar-refractivity contribution in [2.24, 2.45) is 0 Å². The first-order chi connectivity index (χ1) is 26.3. The van der Waals surface area contributed by atoms with Crippen molar-refractivity contribution < 1.29 is 44.9 Å². The number of amides is 1. The Morgan fingerprint density at radius 2 is 1.07 bits per heavy atom. The predicted octanol–water partition coefficient (Wildman–Crippen LogP) is 7.92. The number of carbonyl (C=O) groups excluding carboxylic acids is 1. The fourth-order valence-electron chi connectivity index (χ4n) is 7.25. The van der Waals surface area contributed by atoms with Crippen molar-refractivity contribution >= 4 is 5.91 Å². The highest BCUT2D eigenvalue weighted by Gasteiger charge is 2.44. The molecule has 1 aliphatic rings. The number of allylic oxidation sites excluding steroid dienone is 2. The molecule has 0 spiro atoms. The number of rotatable bonds is 37. The average molecular weight is 772 g/mol. The molecule has 5 unspecified atom stereocenters. The Bertz CT molecular complexity index is 875.